The van der Waals surface area contributed by atoms with E-state index in [0.717, 1.165) is 61.6 Å². The fourth-order valence-corrected chi connectivity index (χ4v) is 5.93. The molecule has 5 rings (SSSR count). The van der Waals surface area contributed by atoms with Crippen molar-refractivity contribution in [3.05, 3.63) is 47.2 Å². The lowest BCUT2D eigenvalue weighted by atomic mass is 9.94. The molecule has 35 heavy (non-hydrogen) atoms. The molecule has 1 aliphatic heterocycles. The molecule has 0 bridgehead atoms. The number of hydrogen-bond acceptors (Lipinski definition) is 6. The Hall–Kier alpha value is -2.11. The number of likely N-dealkylation sites (tertiary alicyclic amines) is 1. The summed E-state index contributed by atoms with van der Waals surface area (Å²) in [5.41, 5.74) is 0.0638. The molecule has 2 atom stereocenters. The second kappa shape index (κ2) is 9.74. The lowest BCUT2D eigenvalue weighted by Gasteiger charge is -2.17. The molecule has 1 aliphatic carbocycles. The first-order valence-electron chi connectivity index (χ1n) is 11.2. The summed E-state index contributed by atoms with van der Waals surface area (Å²) in [6.45, 7) is 4.40. The van der Waals surface area contributed by atoms with Gasteiger partial charge in [0.15, 0.2) is 17.3 Å². The van der Waals surface area contributed by atoms with Crippen LogP contribution < -0.4 is 0 Å². The highest BCUT2D eigenvalue weighted by molar-refractivity contribution is 7.99. The Labute approximate surface area is 210 Å². The van der Waals surface area contributed by atoms with Crippen molar-refractivity contribution in [1.29, 1.82) is 0 Å². The van der Waals surface area contributed by atoms with E-state index in [0.29, 0.717) is 17.7 Å². The van der Waals surface area contributed by atoms with Crippen molar-refractivity contribution >= 4 is 24.2 Å². The first-order valence-corrected chi connectivity index (χ1v) is 12.2. The van der Waals surface area contributed by atoms with E-state index < -0.39 is 17.6 Å². The number of aromatic nitrogens is 4. The fourth-order valence-electron chi connectivity index (χ4n) is 5.10. The summed E-state index contributed by atoms with van der Waals surface area (Å²) in [6, 6.07) is 3.10. The minimum atomic E-state index is -4.54. The lowest BCUT2D eigenvalue weighted by Crippen LogP contribution is -2.23. The van der Waals surface area contributed by atoms with Crippen molar-refractivity contribution in [3.63, 3.8) is 0 Å². The van der Waals surface area contributed by atoms with Crippen LogP contribution in [0.2, 0.25) is 0 Å². The first-order chi connectivity index (χ1) is 16.2. The number of alkyl halides is 3. The zero-order valence-electron chi connectivity index (χ0n) is 19.3. The standard InChI is InChI=1S/C23H25F4N5OS.ClH/c1-14-19(33-13-28-14)20-29-30-21(31(20)2)34-9-3-7-32-8-6-22(12-32)11-18(22)16-5-4-15(24)10-17(16)23(25,26)27;/h4-5,10,13,18H,3,6-9,11-12H2,1-2H3;1H/t18-,22-;/m1./s1. The van der Waals surface area contributed by atoms with Gasteiger partial charge in [0.25, 0.3) is 0 Å². The number of thioether (sulfide) groups is 1. The number of oxazole rings is 1. The molecule has 1 aromatic carbocycles. The van der Waals surface area contributed by atoms with Gasteiger partial charge in [-0.1, -0.05) is 17.8 Å². The van der Waals surface area contributed by atoms with Gasteiger partial charge in [-0.05, 0) is 68.3 Å². The van der Waals surface area contributed by atoms with Crippen molar-refractivity contribution in [1.82, 2.24) is 24.6 Å². The van der Waals surface area contributed by atoms with Crippen LogP contribution >= 0.6 is 24.2 Å². The molecule has 190 valence electrons. The van der Waals surface area contributed by atoms with E-state index in [2.05, 4.69) is 20.1 Å². The minimum Gasteiger partial charge on any atom is -0.440 e. The predicted molar refractivity (Wildman–Crippen MR) is 126 cm³/mol. The third-order valence-corrected chi connectivity index (χ3v) is 8.09. The maximum absolute atomic E-state index is 13.5. The lowest BCUT2D eigenvalue weighted by molar-refractivity contribution is -0.138. The van der Waals surface area contributed by atoms with Crippen molar-refractivity contribution < 1.29 is 22.0 Å². The number of benzene rings is 1. The maximum atomic E-state index is 13.5. The van der Waals surface area contributed by atoms with E-state index >= 15 is 0 Å². The van der Waals surface area contributed by atoms with E-state index in [9.17, 15) is 17.6 Å². The summed E-state index contributed by atoms with van der Waals surface area (Å²) >= 11 is 1.61. The molecule has 2 aliphatic rings. The molecule has 0 unspecified atom stereocenters. The summed E-state index contributed by atoms with van der Waals surface area (Å²) < 4.78 is 61.1. The molecule has 2 fully saturated rings. The van der Waals surface area contributed by atoms with E-state index in [1.165, 1.54) is 12.5 Å². The fraction of sp³-hybridized carbons (Fsp3) is 0.522. The highest BCUT2D eigenvalue weighted by atomic mass is 35.5. The van der Waals surface area contributed by atoms with Gasteiger partial charge >= 0.3 is 6.18 Å². The van der Waals surface area contributed by atoms with Crippen LogP contribution in [0.3, 0.4) is 0 Å². The Kier molecular flexibility index (Phi) is 7.23. The molecule has 3 heterocycles. The molecule has 1 saturated carbocycles. The van der Waals surface area contributed by atoms with E-state index in [4.69, 9.17) is 4.42 Å². The SMILES string of the molecule is Cc1ncoc1-c1nnc(SCCCN2CC[C@@]3(C[C@@H]3c3ccc(F)cc3C(F)(F)F)C2)n1C.Cl. The molecule has 0 radical (unpaired) electrons. The van der Waals surface area contributed by atoms with Crippen molar-refractivity contribution in [3.8, 4) is 11.6 Å². The van der Waals surface area contributed by atoms with Gasteiger partial charge < -0.3 is 13.9 Å². The highest BCUT2D eigenvalue weighted by Gasteiger charge is 2.59. The first kappa shape index (κ1) is 26.0. The normalized spacial score (nSPS) is 22.1. The molecule has 6 nitrogen and oxygen atoms in total. The average molecular weight is 532 g/mol. The minimum absolute atomic E-state index is 0. The number of hydrogen-bond donors (Lipinski definition) is 0. The van der Waals surface area contributed by atoms with E-state index in [1.807, 2.05) is 18.5 Å². The number of halogens is 5. The van der Waals surface area contributed by atoms with E-state index in [1.54, 1.807) is 11.8 Å². The molecule has 12 heteroatoms. The monoisotopic (exact) mass is 531 g/mol. The van der Waals surface area contributed by atoms with Gasteiger partial charge in [0, 0.05) is 19.3 Å². The van der Waals surface area contributed by atoms with Crippen molar-refractivity contribution in [2.24, 2.45) is 12.5 Å². The molecule has 2 aromatic heterocycles. The van der Waals surface area contributed by atoms with Gasteiger partial charge in [-0.15, -0.1) is 22.6 Å². The molecule has 0 N–H and O–H groups in total. The second-order valence-corrected chi connectivity index (χ2v) is 10.3. The van der Waals surface area contributed by atoms with Crippen LogP contribution in [0.25, 0.3) is 11.6 Å². The Morgan fingerprint density at radius 2 is 2.06 bits per heavy atom. The van der Waals surface area contributed by atoms with Crippen LogP contribution in [0.15, 0.2) is 34.2 Å². The molecular weight excluding hydrogens is 506 g/mol. The molecule has 1 spiro atoms. The number of aryl methyl sites for hydroxylation is 1. The third kappa shape index (κ3) is 5.08. The highest BCUT2D eigenvalue weighted by Crippen LogP contribution is 2.65. The number of nitrogens with zero attached hydrogens (tertiary/aromatic N) is 5. The molecular formula is C23H26ClF4N5OS. The average Bonchev–Trinajstić information content (AvgIpc) is 3.07. The molecule has 1 saturated heterocycles. The van der Waals surface area contributed by atoms with Crippen LogP contribution in [0.5, 0.6) is 0 Å². The Morgan fingerprint density at radius 3 is 2.77 bits per heavy atom. The summed E-state index contributed by atoms with van der Waals surface area (Å²) in [6.07, 6.45) is -0.611. The van der Waals surface area contributed by atoms with Gasteiger partial charge in [0.2, 0.25) is 5.82 Å². The topological polar surface area (TPSA) is 60.0 Å². The van der Waals surface area contributed by atoms with Crippen molar-refractivity contribution in [2.45, 2.75) is 43.4 Å². The van der Waals surface area contributed by atoms with Gasteiger partial charge in [0.1, 0.15) is 5.82 Å². The van der Waals surface area contributed by atoms with E-state index in [-0.39, 0.29) is 29.3 Å². The Balaban J connectivity index is 0.00000289. The van der Waals surface area contributed by atoms with Crippen LogP contribution in [0, 0.1) is 18.2 Å². The summed E-state index contributed by atoms with van der Waals surface area (Å²) in [4.78, 5) is 6.42. The molecule has 3 aromatic rings. The predicted octanol–water partition coefficient (Wildman–Crippen LogP) is 5.72. The van der Waals surface area contributed by atoms with Gasteiger partial charge in [0.05, 0.1) is 11.3 Å². The smallest absolute Gasteiger partial charge is 0.416 e. The quantitative estimate of drug-likeness (QED) is 0.221. The summed E-state index contributed by atoms with van der Waals surface area (Å²) in [5, 5.41) is 9.26. The maximum Gasteiger partial charge on any atom is 0.416 e. The third-order valence-electron chi connectivity index (χ3n) is 6.98. The van der Waals surface area contributed by atoms with Gasteiger partial charge in [-0.25, -0.2) is 9.37 Å². The van der Waals surface area contributed by atoms with Crippen LogP contribution in [0.4, 0.5) is 17.6 Å². The van der Waals surface area contributed by atoms with Crippen LogP contribution in [-0.2, 0) is 13.2 Å². The molecule has 0 amide bonds. The van der Waals surface area contributed by atoms with Gasteiger partial charge in [-0.2, -0.15) is 13.2 Å². The van der Waals surface area contributed by atoms with Crippen LogP contribution in [-0.4, -0.2) is 50.0 Å². The van der Waals surface area contributed by atoms with Crippen molar-refractivity contribution in [2.75, 3.05) is 25.4 Å². The summed E-state index contributed by atoms with van der Waals surface area (Å²) in [7, 11) is 1.89. The zero-order chi connectivity index (χ0) is 24.1. The van der Waals surface area contributed by atoms with Gasteiger partial charge in [-0.3, -0.25) is 0 Å². The summed E-state index contributed by atoms with van der Waals surface area (Å²) in [5.74, 6) is 1.10. The van der Waals surface area contributed by atoms with Crippen LogP contribution in [0.1, 0.15) is 42.0 Å². The largest absolute Gasteiger partial charge is 0.440 e. The Morgan fingerprint density at radius 1 is 1.26 bits per heavy atom. The Bertz CT molecular complexity index is 1200. The second-order valence-electron chi connectivity index (χ2n) is 9.21. The number of rotatable bonds is 7. The zero-order valence-corrected chi connectivity index (χ0v) is 20.9.